The molecule has 0 atom stereocenters. The number of halogens is 3. The lowest BCUT2D eigenvalue weighted by Gasteiger charge is -2.16. The van der Waals surface area contributed by atoms with Crippen LogP contribution in [-0.4, -0.2) is 44.5 Å². The summed E-state index contributed by atoms with van der Waals surface area (Å²) in [5.41, 5.74) is 0.467. The third-order valence-electron chi connectivity index (χ3n) is 3.54. The van der Waals surface area contributed by atoms with Crippen molar-refractivity contribution in [2.45, 2.75) is 13.1 Å². The molecule has 0 bridgehead atoms. The molecule has 0 saturated heterocycles. The van der Waals surface area contributed by atoms with Gasteiger partial charge >= 0.3 is 12.1 Å². The number of nitrogens with zero attached hydrogens (tertiary/aromatic N) is 3. The van der Waals surface area contributed by atoms with Crippen LogP contribution in [0.25, 0.3) is 11.3 Å². The van der Waals surface area contributed by atoms with Crippen LogP contribution in [0.4, 0.5) is 19.0 Å². The molecule has 0 aliphatic heterocycles. The summed E-state index contributed by atoms with van der Waals surface area (Å²) in [7, 11) is 3.24. The maximum atomic E-state index is 13.2. The summed E-state index contributed by atoms with van der Waals surface area (Å²) in [5.74, 6) is -0.348. The third kappa shape index (κ3) is 5.97. The molecule has 28 heavy (non-hydrogen) atoms. The number of oxime groups is 1. The predicted molar refractivity (Wildman–Crippen MR) is 99.2 cm³/mol. The molecule has 0 unspecified atom stereocenters. The zero-order valence-corrected chi connectivity index (χ0v) is 15.7. The summed E-state index contributed by atoms with van der Waals surface area (Å²) in [6, 6.07) is 8.64. The summed E-state index contributed by atoms with van der Waals surface area (Å²) in [6.07, 6.45) is -3.13. The van der Waals surface area contributed by atoms with Gasteiger partial charge in [-0.2, -0.15) is 13.2 Å². The number of hydrogen-bond donors (Lipinski definition) is 0. The van der Waals surface area contributed by atoms with E-state index in [-0.39, 0.29) is 24.7 Å². The molecule has 0 radical (unpaired) electrons. The summed E-state index contributed by atoms with van der Waals surface area (Å²) in [5, 5.41) is 3.67. The molecule has 0 aliphatic carbocycles. The Kier molecular flexibility index (Phi) is 6.97. The smallest absolute Gasteiger partial charge is 0.416 e. The number of carbonyl (C=O) groups excluding carboxylic acids is 1. The average Bonchev–Trinajstić information content (AvgIpc) is 2.64. The van der Waals surface area contributed by atoms with Crippen LogP contribution in [0.3, 0.4) is 0 Å². The molecular formula is C19H20F3N3O3. The van der Waals surface area contributed by atoms with E-state index in [0.29, 0.717) is 11.1 Å². The van der Waals surface area contributed by atoms with Gasteiger partial charge in [0.25, 0.3) is 0 Å². The fourth-order valence-corrected chi connectivity index (χ4v) is 2.23. The number of alkyl halides is 3. The van der Waals surface area contributed by atoms with Crippen molar-refractivity contribution in [3.8, 4) is 11.3 Å². The van der Waals surface area contributed by atoms with Crippen molar-refractivity contribution in [3.05, 3.63) is 47.5 Å². The molecule has 0 saturated carbocycles. The SMILES string of the molecule is CCOC(=O)CON=Cc1cccc(-c2cc(C(F)(F)F)cc(N(C)C)n2)c1. The molecular weight excluding hydrogens is 375 g/mol. The number of rotatable bonds is 7. The second-order valence-corrected chi connectivity index (χ2v) is 5.93. The Bertz CT molecular complexity index is 852. The monoisotopic (exact) mass is 395 g/mol. The number of benzene rings is 1. The first-order valence-electron chi connectivity index (χ1n) is 8.38. The minimum absolute atomic E-state index is 0.182. The van der Waals surface area contributed by atoms with Gasteiger partial charge in [-0.1, -0.05) is 23.4 Å². The van der Waals surface area contributed by atoms with E-state index in [1.807, 2.05) is 0 Å². The Morgan fingerprint density at radius 3 is 2.64 bits per heavy atom. The van der Waals surface area contributed by atoms with E-state index in [0.717, 1.165) is 12.1 Å². The number of esters is 1. The van der Waals surface area contributed by atoms with Crippen LogP contribution in [0.5, 0.6) is 0 Å². The zero-order valence-electron chi connectivity index (χ0n) is 15.7. The quantitative estimate of drug-likeness (QED) is 0.406. The van der Waals surface area contributed by atoms with Crippen LogP contribution in [0.15, 0.2) is 41.6 Å². The Balaban J connectivity index is 2.25. The second kappa shape index (κ2) is 9.20. The zero-order chi connectivity index (χ0) is 20.7. The number of ether oxygens (including phenoxy) is 1. The van der Waals surface area contributed by atoms with Crippen LogP contribution in [0, 0.1) is 0 Å². The van der Waals surface area contributed by atoms with Crippen LogP contribution < -0.4 is 4.90 Å². The average molecular weight is 395 g/mol. The first-order valence-corrected chi connectivity index (χ1v) is 8.38. The highest BCUT2D eigenvalue weighted by Crippen LogP contribution is 2.33. The van der Waals surface area contributed by atoms with Crippen LogP contribution in [-0.2, 0) is 20.5 Å². The first kappa shape index (κ1) is 21.2. The topological polar surface area (TPSA) is 64.0 Å². The van der Waals surface area contributed by atoms with Crippen LogP contribution >= 0.6 is 0 Å². The molecule has 2 rings (SSSR count). The second-order valence-electron chi connectivity index (χ2n) is 5.93. The van der Waals surface area contributed by atoms with E-state index in [2.05, 4.69) is 10.1 Å². The molecule has 1 aromatic carbocycles. The molecule has 0 amide bonds. The van der Waals surface area contributed by atoms with Gasteiger partial charge < -0.3 is 14.5 Å². The minimum atomic E-state index is -4.48. The van der Waals surface area contributed by atoms with Crippen molar-refractivity contribution in [3.63, 3.8) is 0 Å². The molecule has 0 N–H and O–H groups in total. The molecule has 1 aromatic heterocycles. The fraction of sp³-hybridized carbons (Fsp3) is 0.316. The molecule has 0 spiro atoms. The van der Waals surface area contributed by atoms with Crippen molar-refractivity contribution in [1.29, 1.82) is 0 Å². The largest absolute Gasteiger partial charge is 0.463 e. The summed E-state index contributed by atoms with van der Waals surface area (Å²) in [4.78, 5) is 21.8. The number of hydrogen-bond acceptors (Lipinski definition) is 6. The summed E-state index contributed by atoms with van der Waals surface area (Å²) >= 11 is 0. The predicted octanol–water partition coefficient (Wildman–Crippen LogP) is 3.75. The fourth-order valence-electron chi connectivity index (χ4n) is 2.23. The van der Waals surface area contributed by atoms with Crippen molar-refractivity contribution in [2.75, 3.05) is 32.2 Å². The number of anilines is 1. The molecule has 1 heterocycles. The van der Waals surface area contributed by atoms with E-state index < -0.39 is 17.7 Å². The van der Waals surface area contributed by atoms with E-state index in [9.17, 15) is 18.0 Å². The Hall–Kier alpha value is -3.10. The summed E-state index contributed by atoms with van der Waals surface area (Å²) < 4.78 is 44.3. The number of aromatic nitrogens is 1. The molecule has 9 heteroatoms. The lowest BCUT2D eigenvalue weighted by Crippen LogP contribution is -2.14. The highest BCUT2D eigenvalue weighted by Gasteiger charge is 2.32. The highest BCUT2D eigenvalue weighted by molar-refractivity contribution is 5.82. The minimum Gasteiger partial charge on any atom is -0.463 e. The number of pyridine rings is 1. The Labute approximate surface area is 160 Å². The molecule has 150 valence electrons. The van der Waals surface area contributed by atoms with Crippen LogP contribution in [0.2, 0.25) is 0 Å². The standard InChI is InChI=1S/C19H20F3N3O3/c1-4-27-18(26)12-28-23-11-13-6-5-7-14(8-13)16-9-15(19(20,21)22)10-17(24-16)25(2)3/h5-11H,4,12H2,1-3H3. The van der Waals surface area contributed by atoms with Crippen molar-refractivity contribution in [1.82, 2.24) is 4.98 Å². The van der Waals surface area contributed by atoms with E-state index in [1.54, 1.807) is 45.3 Å². The van der Waals surface area contributed by atoms with Crippen molar-refractivity contribution < 1.29 is 27.5 Å². The van der Waals surface area contributed by atoms with E-state index >= 15 is 0 Å². The van der Waals surface area contributed by atoms with Gasteiger partial charge in [-0.15, -0.1) is 0 Å². The Morgan fingerprint density at radius 2 is 2.00 bits per heavy atom. The first-order chi connectivity index (χ1) is 13.2. The van der Waals surface area contributed by atoms with Gasteiger partial charge in [0.1, 0.15) is 5.82 Å². The van der Waals surface area contributed by atoms with Gasteiger partial charge in [-0.05, 0) is 30.7 Å². The third-order valence-corrected chi connectivity index (χ3v) is 3.54. The van der Waals surface area contributed by atoms with Gasteiger partial charge in [0.15, 0.2) is 0 Å². The van der Waals surface area contributed by atoms with Crippen molar-refractivity contribution in [2.24, 2.45) is 5.16 Å². The highest BCUT2D eigenvalue weighted by atomic mass is 19.4. The van der Waals surface area contributed by atoms with Crippen molar-refractivity contribution >= 4 is 18.0 Å². The Morgan fingerprint density at radius 1 is 1.25 bits per heavy atom. The lowest BCUT2D eigenvalue weighted by molar-refractivity contribution is -0.148. The van der Waals surface area contributed by atoms with E-state index in [4.69, 9.17) is 9.57 Å². The molecule has 0 fully saturated rings. The van der Waals surface area contributed by atoms with Gasteiger partial charge in [0.2, 0.25) is 6.61 Å². The summed E-state index contributed by atoms with van der Waals surface area (Å²) in [6.45, 7) is 1.59. The van der Waals surface area contributed by atoms with Crippen LogP contribution in [0.1, 0.15) is 18.1 Å². The van der Waals surface area contributed by atoms with Gasteiger partial charge in [-0.3, -0.25) is 0 Å². The molecule has 0 aliphatic rings. The lowest BCUT2D eigenvalue weighted by atomic mass is 10.1. The van der Waals surface area contributed by atoms with E-state index in [1.165, 1.54) is 11.1 Å². The van der Waals surface area contributed by atoms with Gasteiger partial charge in [0, 0.05) is 19.7 Å². The maximum Gasteiger partial charge on any atom is 0.416 e. The number of carbonyl (C=O) groups is 1. The molecule has 6 nitrogen and oxygen atoms in total. The normalized spacial score (nSPS) is 11.5. The molecule has 2 aromatic rings. The van der Waals surface area contributed by atoms with Gasteiger partial charge in [-0.25, -0.2) is 9.78 Å². The van der Waals surface area contributed by atoms with Gasteiger partial charge in [0.05, 0.1) is 24.1 Å². The maximum absolute atomic E-state index is 13.2.